The molecule has 4 heteroatoms. The number of para-hydroxylation sites is 7. The van der Waals surface area contributed by atoms with Crippen LogP contribution in [0.1, 0.15) is 0 Å². The van der Waals surface area contributed by atoms with Crippen LogP contribution < -0.4 is 4.90 Å². The Morgan fingerprint density at radius 3 is 1.55 bits per heavy atom. The molecule has 0 saturated carbocycles. The van der Waals surface area contributed by atoms with Gasteiger partial charge in [-0.1, -0.05) is 170 Å². The van der Waals surface area contributed by atoms with Crippen molar-refractivity contribution in [2.75, 3.05) is 4.90 Å². The maximum Gasteiger partial charge on any atom is 0.145 e. The van der Waals surface area contributed by atoms with Gasteiger partial charge < -0.3 is 18.3 Å². The molecule has 0 aliphatic carbocycles. The van der Waals surface area contributed by atoms with Crippen LogP contribution in [0.2, 0.25) is 0 Å². The fraction of sp³-hybridized carbons (Fsp3) is 0. The molecule has 0 amide bonds. The molecule has 0 bridgehead atoms. The van der Waals surface area contributed by atoms with Crippen LogP contribution in [0, 0.1) is 0 Å². The molecule has 13 rings (SSSR count). The van der Waals surface area contributed by atoms with Crippen molar-refractivity contribution >= 4 is 82.7 Å². The highest BCUT2D eigenvalue weighted by Crippen LogP contribution is 2.51. The Bertz CT molecular complexity index is 3860. The van der Waals surface area contributed by atoms with Crippen LogP contribution in [-0.4, -0.2) is 4.57 Å². The quantitative estimate of drug-likeness (QED) is 0.161. The fourth-order valence-electron chi connectivity index (χ4n) is 9.98. The molecule has 0 atom stereocenters. The molecule has 3 heterocycles. The highest BCUT2D eigenvalue weighted by Gasteiger charge is 2.28. The van der Waals surface area contributed by atoms with E-state index in [2.05, 4.69) is 228 Å². The summed E-state index contributed by atoms with van der Waals surface area (Å²) in [6, 6.07) is 82.1. The first-order valence-electron chi connectivity index (χ1n) is 21.8. The molecule has 0 spiro atoms. The predicted molar refractivity (Wildman–Crippen MR) is 266 cm³/mol. The summed E-state index contributed by atoms with van der Waals surface area (Å²) in [7, 11) is 0. The molecule has 10 aromatic carbocycles. The number of benzene rings is 10. The molecule has 64 heavy (non-hydrogen) atoms. The first-order chi connectivity index (χ1) is 31.8. The number of fused-ring (bicyclic) bond motifs is 9. The minimum Gasteiger partial charge on any atom is -0.455 e. The number of hydrogen-bond acceptors (Lipinski definition) is 3. The Labute approximate surface area is 369 Å². The first kappa shape index (κ1) is 36.1. The molecule has 13 aromatic rings. The van der Waals surface area contributed by atoms with Gasteiger partial charge in [0.2, 0.25) is 0 Å². The summed E-state index contributed by atoms with van der Waals surface area (Å²) in [6.07, 6.45) is 0. The second kappa shape index (κ2) is 14.5. The van der Waals surface area contributed by atoms with Gasteiger partial charge in [-0.2, -0.15) is 0 Å². The van der Waals surface area contributed by atoms with Gasteiger partial charge in [-0.15, -0.1) is 0 Å². The largest absolute Gasteiger partial charge is 0.455 e. The summed E-state index contributed by atoms with van der Waals surface area (Å²) in [5, 5.41) is 6.75. The maximum absolute atomic E-state index is 7.08. The van der Waals surface area contributed by atoms with Crippen molar-refractivity contribution in [2.45, 2.75) is 0 Å². The van der Waals surface area contributed by atoms with Gasteiger partial charge in [0.15, 0.2) is 0 Å². The zero-order chi connectivity index (χ0) is 42.1. The van der Waals surface area contributed by atoms with Crippen LogP contribution in [-0.2, 0) is 0 Å². The van der Waals surface area contributed by atoms with E-state index in [1.165, 1.54) is 16.3 Å². The fourth-order valence-corrected chi connectivity index (χ4v) is 9.98. The number of nitrogens with zero attached hydrogens (tertiary/aromatic N) is 2. The predicted octanol–water partition coefficient (Wildman–Crippen LogP) is 17.1. The van der Waals surface area contributed by atoms with Crippen LogP contribution in [0.25, 0.3) is 105 Å². The molecule has 3 aromatic heterocycles. The molecule has 0 unspecified atom stereocenters. The van der Waals surface area contributed by atoms with Crippen LogP contribution >= 0.6 is 0 Å². The lowest BCUT2D eigenvalue weighted by Crippen LogP contribution is -2.13. The minimum absolute atomic E-state index is 0.828. The smallest absolute Gasteiger partial charge is 0.145 e. The van der Waals surface area contributed by atoms with Crippen molar-refractivity contribution in [1.82, 2.24) is 4.57 Å². The molecule has 0 fully saturated rings. The highest BCUT2D eigenvalue weighted by atomic mass is 16.3. The van der Waals surface area contributed by atoms with E-state index < -0.39 is 0 Å². The van der Waals surface area contributed by atoms with Crippen molar-refractivity contribution in [3.05, 3.63) is 231 Å². The Morgan fingerprint density at radius 2 is 0.828 bits per heavy atom. The third kappa shape index (κ3) is 5.56. The zero-order valence-corrected chi connectivity index (χ0v) is 34.7. The van der Waals surface area contributed by atoms with Gasteiger partial charge in [0, 0.05) is 54.7 Å². The van der Waals surface area contributed by atoms with E-state index in [1.54, 1.807) is 0 Å². The van der Waals surface area contributed by atoms with Gasteiger partial charge in [-0.05, 0) is 71.8 Å². The Balaban J connectivity index is 1.13. The normalized spacial score (nSPS) is 11.8. The van der Waals surface area contributed by atoms with E-state index in [9.17, 15) is 0 Å². The summed E-state index contributed by atoms with van der Waals surface area (Å²) in [5.74, 6) is 0. The van der Waals surface area contributed by atoms with E-state index in [1.807, 2.05) is 12.1 Å². The molecular weight excluding hydrogens is 781 g/mol. The SMILES string of the molecule is c1ccc(-c2ccc(N(c3ccccc3-c3cccc4c3oc3ccccc34)c3ccc4c(oc5ccccc54)c3-c3ccccc3-n3c4ccccc4c4ccccc43)cc2)cc1. The second-order valence-electron chi connectivity index (χ2n) is 16.4. The topological polar surface area (TPSA) is 34.5 Å². The van der Waals surface area contributed by atoms with E-state index >= 15 is 0 Å². The van der Waals surface area contributed by atoms with Crippen LogP contribution in [0.5, 0.6) is 0 Å². The first-order valence-corrected chi connectivity index (χ1v) is 21.8. The van der Waals surface area contributed by atoms with Crippen LogP contribution in [0.3, 0.4) is 0 Å². The van der Waals surface area contributed by atoms with Crippen molar-refractivity contribution in [1.29, 1.82) is 0 Å². The van der Waals surface area contributed by atoms with Crippen molar-refractivity contribution in [3.8, 4) is 39.1 Å². The highest BCUT2D eigenvalue weighted by molar-refractivity contribution is 6.16. The molecule has 300 valence electrons. The Morgan fingerprint density at radius 1 is 0.312 bits per heavy atom. The monoisotopic (exact) mass is 818 g/mol. The Hall–Kier alpha value is -8.60. The zero-order valence-electron chi connectivity index (χ0n) is 34.7. The molecule has 0 N–H and O–H groups in total. The summed E-state index contributed by atoms with van der Waals surface area (Å²) in [6.45, 7) is 0. The lowest BCUT2D eigenvalue weighted by molar-refractivity contribution is 0.669. The average molecular weight is 819 g/mol. The second-order valence-corrected chi connectivity index (χ2v) is 16.4. The Kier molecular flexibility index (Phi) is 8.18. The third-order valence-electron chi connectivity index (χ3n) is 12.8. The minimum atomic E-state index is 0.828. The maximum atomic E-state index is 7.08. The van der Waals surface area contributed by atoms with Gasteiger partial charge >= 0.3 is 0 Å². The lowest BCUT2D eigenvalue weighted by Gasteiger charge is -2.30. The lowest BCUT2D eigenvalue weighted by atomic mass is 9.95. The van der Waals surface area contributed by atoms with Gasteiger partial charge in [0.05, 0.1) is 33.7 Å². The van der Waals surface area contributed by atoms with E-state index in [0.717, 1.165) is 105 Å². The van der Waals surface area contributed by atoms with Crippen molar-refractivity contribution in [2.24, 2.45) is 0 Å². The number of rotatable bonds is 7. The van der Waals surface area contributed by atoms with Gasteiger partial charge in [-0.25, -0.2) is 0 Å². The number of hydrogen-bond donors (Lipinski definition) is 0. The molecule has 0 aliphatic rings. The molecular formula is C60H38N2O2. The van der Waals surface area contributed by atoms with E-state index in [4.69, 9.17) is 8.83 Å². The number of aromatic nitrogens is 1. The third-order valence-corrected chi connectivity index (χ3v) is 12.8. The van der Waals surface area contributed by atoms with Crippen LogP contribution in [0.15, 0.2) is 239 Å². The molecule has 4 nitrogen and oxygen atoms in total. The molecule has 0 radical (unpaired) electrons. The summed E-state index contributed by atoms with van der Waals surface area (Å²) in [5.41, 5.74) is 16.2. The van der Waals surface area contributed by atoms with Gasteiger partial charge in [0.1, 0.15) is 22.3 Å². The summed E-state index contributed by atoms with van der Waals surface area (Å²) < 4.78 is 16.2. The summed E-state index contributed by atoms with van der Waals surface area (Å²) >= 11 is 0. The van der Waals surface area contributed by atoms with Gasteiger partial charge in [-0.3, -0.25) is 0 Å². The van der Waals surface area contributed by atoms with Crippen molar-refractivity contribution in [3.63, 3.8) is 0 Å². The molecule has 0 aliphatic heterocycles. The van der Waals surface area contributed by atoms with E-state index in [-0.39, 0.29) is 0 Å². The van der Waals surface area contributed by atoms with Crippen LogP contribution in [0.4, 0.5) is 17.1 Å². The van der Waals surface area contributed by atoms with Gasteiger partial charge in [0.25, 0.3) is 0 Å². The number of anilines is 3. The average Bonchev–Trinajstić information content (AvgIpc) is 4.05. The standard InChI is InChI=1S/C60H38N2O2/c1-2-17-39(18-3-1)40-33-35-41(36-34-40)61(51-27-10-6-21-44(51)47-25-16-26-48-45-22-8-14-31-56(45)63-59(47)48)55-38-37-49-46-23-9-15-32-57(46)64-60(49)58(55)50-24-7-13-30-54(50)62-52-28-11-4-19-42(52)43-20-5-12-29-53(43)62/h1-38H. The van der Waals surface area contributed by atoms with Crippen molar-refractivity contribution < 1.29 is 8.83 Å². The number of furan rings is 2. The molecule has 0 saturated heterocycles. The summed E-state index contributed by atoms with van der Waals surface area (Å²) in [4.78, 5) is 2.41. The van der Waals surface area contributed by atoms with E-state index in [0.29, 0.717) is 0 Å².